The number of carboxylic acid groups (broad SMARTS) is 1. The van der Waals surface area contributed by atoms with E-state index in [0.29, 0.717) is 5.75 Å². The molecule has 0 aromatic heterocycles. The predicted molar refractivity (Wildman–Crippen MR) is 60.9 cm³/mol. The van der Waals surface area contributed by atoms with Crippen LogP contribution in [-0.2, 0) is 14.6 Å². The van der Waals surface area contributed by atoms with Crippen molar-refractivity contribution in [2.75, 3.05) is 17.8 Å². The van der Waals surface area contributed by atoms with E-state index in [1.807, 2.05) is 0 Å². The highest BCUT2D eigenvalue weighted by Crippen LogP contribution is 2.35. The molecular weight excluding hydrogens is 236 g/mol. The van der Waals surface area contributed by atoms with Gasteiger partial charge in [-0.1, -0.05) is 6.42 Å². The lowest BCUT2D eigenvalue weighted by Gasteiger charge is -2.14. The zero-order valence-electron chi connectivity index (χ0n) is 8.68. The van der Waals surface area contributed by atoms with Gasteiger partial charge in [0.2, 0.25) is 0 Å². The first-order valence-corrected chi connectivity index (χ1v) is 8.03. The van der Waals surface area contributed by atoms with Crippen molar-refractivity contribution < 1.29 is 18.3 Å². The molecule has 0 spiro atoms. The van der Waals surface area contributed by atoms with Crippen LogP contribution in [0, 0.1) is 5.92 Å². The first kappa shape index (κ1) is 12.8. The second kappa shape index (κ2) is 5.21. The maximum Gasteiger partial charge on any atom is 0.307 e. The van der Waals surface area contributed by atoms with Crippen LogP contribution < -0.4 is 0 Å². The third kappa shape index (κ3) is 4.42. The summed E-state index contributed by atoms with van der Waals surface area (Å²) in [6.45, 7) is 0. The van der Waals surface area contributed by atoms with Crippen molar-refractivity contribution >= 4 is 27.6 Å². The Labute approximate surface area is 94.4 Å². The molecule has 15 heavy (non-hydrogen) atoms. The summed E-state index contributed by atoms with van der Waals surface area (Å²) in [6, 6.07) is 0. The Kier molecular flexibility index (Phi) is 4.45. The molecule has 0 saturated heterocycles. The minimum atomic E-state index is -2.92. The zero-order valence-corrected chi connectivity index (χ0v) is 10.3. The van der Waals surface area contributed by atoms with Crippen LogP contribution in [0.4, 0.5) is 0 Å². The molecule has 0 amide bonds. The number of hydrogen-bond acceptors (Lipinski definition) is 4. The van der Waals surface area contributed by atoms with Crippen LogP contribution in [0.25, 0.3) is 0 Å². The van der Waals surface area contributed by atoms with Crippen LogP contribution in [0.15, 0.2) is 0 Å². The van der Waals surface area contributed by atoms with Gasteiger partial charge in [-0.25, -0.2) is 8.42 Å². The molecule has 2 atom stereocenters. The van der Waals surface area contributed by atoms with Gasteiger partial charge in [0, 0.05) is 17.3 Å². The summed E-state index contributed by atoms with van der Waals surface area (Å²) < 4.78 is 21.8. The third-order valence-electron chi connectivity index (χ3n) is 2.56. The third-order valence-corrected chi connectivity index (χ3v) is 5.19. The van der Waals surface area contributed by atoms with E-state index in [4.69, 9.17) is 5.11 Å². The van der Waals surface area contributed by atoms with Crippen LogP contribution in [0.3, 0.4) is 0 Å². The number of carboxylic acids is 1. The van der Waals surface area contributed by atoms with Crippen molar-refractivity contribution in [1.82, 2.24) is 0 Å². The van der Waals surface area contributed by atoms with Gasteiger partial charge in [0.25, 0.3) is 0 Å². The topological polar surface area (TPSA) is 71.4 Å². The molecule has 0 bridgehead atoms. The van der Waals surface area contributed by atoms with Crippen molar-refractivity contribution in [1.29, 1.82) is 0 Å². The van der Waals surface area contributed by atoms with Crippen LogP contribution in [0.1, 0.15) is 19.3 Å². The fourth-order valence-electron chi connectivity index (χ4n) is 1.76. The normalized spacial score (nSPS) is 26.7. The van der Waals surface area contributed by atoms with Gasteiger partial charge < -0.3 is 5.11 Å². The van der Waals surface area contributed by atoms with Gasteiger partial charge in [-0.2, -0.15) is 11.8 Å². The van der Waals surface area contributed by atoms with Gasteiger partial charge in [0.15, 0.2) is 0 Å². The summed E-state index contributed by atoms with van der Waals surface area (Å²) in [6.07, 6.45) is 3.77. The Morgan fingerprint density at radius 2 is 2.13 bits per heavy atom. The Balaban J connectivity index is 2.35. The Morgan fingerprint density at radius 1 is 1.47 bits per heavy atom. The SMILES string of the molecule is CS(=O)(=O)CCSC1CCCC1C(=O)O. The number of thioether (sulfide) groups is 1. The van der Waals surface area contributed by atoms with Gasteiger partial charge in [0.05, 0.1) is 11.7 Å². The standard InChI is InChI=1S/C9H16O4S2/c1-15(12,13)6-5-14-8-4-2-3-7(8)9(10)11/h7-8H,2-6H2,1H3,(H,10,11). The Bertz CT molecular complexity index is 323. The van der Waals surface area contributed by atoms with Gasteiger partial charge in [-0.15, -0.1) is 0 Å². The largest absolute Gasteiger partial charge is 0.481 e. The Hall–Kier alpha value is -0.230. The van der Waals surface area contributed by atoms with Crippen LogP contribution >= 0.6 is 11.8 Å². The second-order valence-electron chi connectivity index (χ2n) is 3.91. The van der Waals surface area contributed by atoms with Crippen molar-refractivity contribution in [2.45, 2.75) is 24.5 Å². The van der Waals surface area contributed by atoms with Crippen LogP contribution in [0.5, 0.6) is 0 Å². The number of sulfone groups is 1. The van der Waals surface area contributed by atoms with E-state index in [9.17, 15) is 13.2 Å². The summed E-state index contributed by atoms with van der Waals surface area (Å²) in [5.74, 6) is -0.382. The van der Waals surface area contributed by atoms with Crippen molar-refractivity contribution in [2.24, 2.45) is 5.92 Å². The van der Waals surface area contributed by atoms with E-state index >= 15 is 0 Å². The molecule has 88 valence electrons. The van der Waals surface area contributed by atoms with E-state index in [0.717, 1.165) is 19.3 Å². The zero-order chi connectivity index (χ0) is 11.5. The van der Waals surface area contributed by atoms with Gasteiger partial charge in [-0.3, -0.25) is 4.79 Å². The van der Waals surface area contributed by atoms with Gasteiger partial charge >= 0.3 is 5.97 Å². The molecule has 0 aromatic carbocycles. The van der Waals surface area contributed by atoms with Gasteiger partial charge in [0.1, 0.15) is 9.84 Å². The molecule has 0 radical (unpaired) electrons. The van der Waals surface area contributed by atoms with E-state index in [1.165, 1.54) is 18.0 Å². The summed E-state index contributed by atoms with van der Waals surface area (Å²) in [5.41, 5.74) is 0. The first-order chi connectivity index (χ1) is 6.90. The predicted octanol–water partition coefficient (Wildman–Crippen LogP) is 1.02. The van der Waals surface area contributed by atoms with Crippen LogP contribution in [0.2, 0.25) is 0 Å². The molecule has 0 heterocycles. The number of aliphatic carboxylic acids is 1. The van der Waals surface area contributed by atoms with Crippen molar-refractivity contribution in [3.8, 4) is 0 Å². The van der Waals surface area contributed by atoms with Crippen LogP contribution in [-0.4, -0.2) is 42.5 Å². The van der Waals surface area contributed by atoms with Gasteiger partial charge in [-0.05, 0) is 12.8 Å². The summed E-state index contributed by atoms with van der Waals surface area (Å²) in [5, 5.41) is 9.01. The maximum absolute atomic E-state index is 10.9. The van der Waals surface area contributed by atoms with E-state index < -0.39 is 15.8 Å². The fraction of sp³-hybridized carbons (Fsp3) is 0.889. The van der Waals surface area contributed by atoms with E-state index in [-0.39, 0.29) is 16.9 Å². The molecule has 1 saturated carbocycles. The van der Waals surface area contributed by atoms with E-state index in [1.54, 1.807) is 0 Å². The minimum Gasteiger partial charge on any atom is -0.481 e. The number of rotatable bonds is 5. The highest BCUT2D eigenvalue weighted by molar-refractivity contribution is 8.01. The molecule has 1 N–H and O–H groups in total. The molecule has 4 nitrogen and oxygen atoms in total. The first-order valence-electron chi connectivity index (χ1n) is 4.92. The summed E-state index contributed by atoms with van der Waals surface area (Å²) in [4.78, 5) is 10.8. The van der Waals surface area contributed by atoms with Crippen molar-refractivity contribution in [3.63, 3.8) is 0 Å². The summed E-state index contributed by atoms with van der Waals surface area (Å²) >= 11 is 1.49. The Morgan fingerprint density at radius 3 is 2.67 bits per heavy atom. The second-order valence-corrected chi connectivity index (χ2v) is 7.52. The lowest BCUT2D eigenvalue weighted by molar-refractivity contribution is -0.141. The molecule has 0 aromatic rings. The summed E-state index contributed by atoms with van der Waals surface area (Å²) in [7, 11) is -2.92. The smallest absolute Gasteiger partial charge is 0.307 e. The molecule has 2 unspecified atom stereocenters. The average molecular weight is 252 g/mol. The highest BCUT2D eigenvalue weighted by Gasteiger charge is 2.32. The lowest BCUT2D eigenvalue weighted by Crippen LogP contribution is -2.21. The quantitative estimate of drug-likeness (QED) is 0.791. The average Bonchev–Trinajstić information content (AvgIpc) is 2.49. The number of hydrogen-bond donors (Lipinski definition) is 1. The monoisotopic (exact) mass is 252 g/mol. The number of carbonyl (C=O) groups is 1. The lowest BCUT2D eigenvalue weighted by atomic mass is 10.1. The molecular formula is C9H16O4S2. The van der Waals surface area contributed by atoms with E-state index in [2.05, 4.69) is 0 Å². The maximum atomic E-state index is 10.9. The van der Waals surface area contributed by atoms with Crippen molar-refractivity contribution in [3.05, 3.63) is 0 Å². The molecule has 1 aliphatic rings. The molecule has 6 heteroatoms. The molecule has 1 rings (SSSR count). The highest BCUT2D eigenvalue weighted by atomic mass is 32.2. The molecule has 1 aliphatic carbocycles. The minimum absolute atomic E-state index is 0.101. The molecule has 1 fully saturated rings. The fourth-order valence-corrected chi connectivity index (χ4v) is 4.48. The molecule has 0 aliphatic heterocycles.